The van der Waals surface area contributed by atoms with Crippen molar-refractivity contribution < 1.29 is 9.32 Å². The van der Waals surface area contributed by atoms with Gasteiger partial charge < -0.3 is 9.42 Å². The van der Waals surface area contributed by atoms with E-state index in [-0.39, 0.29) is 17.9 Å². The maximum Gasteiger partial charge on any atom is 0.272 e. The Kier molecular flexibility index (Phi) is 3.81. The first-order chi connectivity index (χ1) is 11.0. The van der Waals surface area contributed by atoms with E-state index in [0.717, 1.165) is 5.69 Å². The summed E-state index contributed by atoms with van der Waals surface area (Å²) in [5.74, 6) is 0.405. The second kappa shape index (κ2) is 5.79. The third kappa shape index (κ3) is 2.67. The van der Waals surface area contributed by atoms with Crippen molar-refractivity contribution in [1.82, 2.24) is 29.6 Å². The summed E-state index contributed by atoms with van der Waals surface area (Å²) >= 11 is 0. The molecular weight excluding hydrogens is 296 g/mol. The van der Waals surface area contributed by atoms with Gasteiger partial charge in [-0.05, 0) is 18.9 Å². The van der Waals surface area contributed by atoms with Crippen LogP contribution in [0.4, 0.5) is 0 Å². The van der Waals surface area contributed by atoms with Crippen molar-refractivity contribution in [2.24, 2.45) is 0 Å². The van der Waals surface area contributed by atoms with Crippen LogP contribution in [0.3, 0.4) is 0 Å². The summed E-state index contributed by atoms with van der Waals surface area (Å²) in [5, 5.41) is 8.04. The Morgan fingerprint density at radius 3 is 2.78 bits per heavy atom. The van der Waals surface area contributed by atoms with Crippen molar-refractivity contribution in [1.29, 1.82) is 0 Å². The lowest BCUT2D eigenvalue weighted by Crippen LogP contribution is -2.31. The number of carbonyl (C=O) groups is 1. The lowest BCUT2D eigenvalue weighted by Gasteiger charge is -2.23. The molecule has 0 aromatic carbocycles. The zero-order chi connectivity index (χ0) is 16.6. The molecule has 3 aromatic rings. The summed E-state index contributed by atoms with van der Waals surface area (Å²) in [5.41, 5.74) is 1.92. The highest BCUT2D eigenvalue weighted by Crippen LogP contribution is 2.21. The molecule has 3 rings (SSSR count). The van der Waals surface area contributed by atoms with Crippen molar-refractivity contribution in [2.45, 2.75) is 32.7 Å². The number of rotatable bonds is 4. The minimum absolute atomic E-state index is 0.187. The maximum atomic E-state index is 12.8. The van der Waals surface area contributed by atoms with Crippen LogP contribution in [-0.2, 0) is 0 Å². The number of nitrogens with zero attached hydrogens (tertiary/aromatic N) is 6. The van der Waals surface area contributed by atoms with E-state index in [1.165, 1.54) is 12.6 Å². The molecule has 23 heavy (non-hydrogen) atoms. The van der Waals surface area contributed by atoms with E-state index in [1.54, 1.807) is 28.6 Å². The van der Waals surface area contributed by atoms with Gasteiger partial charge in [0.25, 0.3) is 11.7 Å². The number of aromatic nitrogens is 5. The average molecular weight is 314 g/mol. The predicted molar refractivity (Wildman–Crippen MR) is 81.9 cm³/mol. The molecule has 0 aliphatic rings. The molecule has 0 aliphatic heterocycles. The van der Waals surface area contributed by atoms with Gasteiger partial charge in [-0.25, -0.2) is 9.50 Å². The normalized spacial score (nSPS) is 12.7. The van der Waals surface area contributed by atoms with E-state index in [2.05, 4.69) is 20.2 Å². The Morgan fingerprint density at radius 1 is 1.35 bits per heavy atom. The molecule has 3 aromatic heterocycles. The zero-order valence-corrected chi connectivity index (χ0v) is 13.5. The molecule has 0 saturated heterocycles. The quantitative estimate of drug-likeness (QED) is 0.732. The average Bonchev–Trinajstić information content (AvgIpc) is 3.22. The summed E-state index contributed by atoms with van der Waals surface area (Å²) in [7, 11) is 1.71. The molecule has 0 unspecified atom stereocenters. The Labute approximate surface area is 133 Å². The number of hydrogen-bond donors (Lipinski definition) is 0. The monoisotopic (exact) mass is 314 g/mol. The van der Waals surface area contributed by atoms with Crippen LogP contribution in [0.15, 0.2) is 29.2 Å². The molecule has 0 radical (unpaired) electrons. The standard InChI is InChI=1S/C15H18N6O2/c1-9(2)13-7-12(18-15-16-8-17-21(13)15)14(22)20(4)10(3)11-5-6-23-19-11/h5-10H,1-4H3/t10-/m0/s1. The highest BCUT2D eigenvalue weighted by Gasteiger charge is 2.23. The molecular formula is C15H18N6O2. The molecule has 0 saturated carbocycles. The fourth-order valence-electron chi connectivity index (χ4n) is 2.35. The fraction of sp³-hybridized carbons (Fsp3) is 0.400. The summed E-state index contributed by atoms with van der Waals surface area (Å²) in [4.78, 5) is 22.8. The first kappa shape index (κ1) is 15.1. The Balaban J connectivity index is 1.97. The minimum atomic E-state index is -0.223. The van der Waals surface area contributed by atoms with Crippen LogP contribution in [0.2, 0.25) is 0 Å². The van der Waals surface area contributed by atoms with Gasteiger partial charge in [-0.3, -0.25) is 4.79 Å². The largest absolute Gasteiger partial charge is 0.364 e. The SMILES string of the molecule is CC(C)c1cc(C(=O)N(C)[C@@H](C)c2ccon2)nc2ncnn12. The minimum Gasteiger partial charge on any atom is -0.364 e. The Bertz CT molecular complexity index is 824. The van der Waals surface area contributed by atoms with Crippen molar-refractivity contribution >= 4 is 11.7 Å². The second-order valence-corrected chi connectivity index (χ2v) is 5.71. The fourth-order valence-corrected chi connectivity index (χ4v) is 2.35. The van der Waals surface area contributed by atoms with Gasteiger partial charge in [0.05, 0.1) is 11.7 Å². The Morgan fingerprint density at radius 2 is 2.13 bits per heavy atom. The van der Waals surface area contributed by atoms with E-state index < -0.39 is 0 Å². The van der Waals surface area contributed by atoms with Gasteiger partial charge in [0.15, 0.2) is 0 Å². The van der Waals surface area contributed by atoms with Gasteiger partial charge in [-0.15, -0.1) is 0 Å². The third-order valence-electron chi connectivity index (χ3n) is 3.88. The lowest BCUT2D eigenvalue weighted by atomic mass is 10.1. The van der Waals surface area contributed by atoms with Crippen LogP contribution in [-0.4, -0.2) is 42.6 Å². The summed E-state index contributed by atoms with van der Waals surface area (Å²) in [6, 6.07) is 3.28. The number of amides is 1. The molecule has 8 nitrogen and oxygen atoms in total. The summed E-state index contributed by atoms with van der Waals surface area (Å²) < 4.78 is 6.50. The maximum absolute atomic E-state index is 12.8. The van der Waals surface area contributed by atoms with Crippen molar-refractivity contribution in [3.8, 4) is 0 Å². The van der Waals surface area contributed by atoms with Gasteiger partial charge in [0, 0.05) is 13.1 Å². The molecule has 1 amide bonds. The first-order valence-corrected chi connectivity index (χ1v) is 7.37. The van der Waals surface area contributed by atoms with Crippen LogP contribution in [0.1, 0.15) is 54.6 Å². The molecule has 0 bridgehead atoms. The predicted octanol–water partition coefficient (Wildman–Crippen LogP) is 2.07. The van der Waals surface area contributed by atoms with Crippen molar-refractivity contribution in [2.75, 3.05) is 7.05 Å². The van der Waals surface area contributed by atoms with Gasteiger partial charge >= 0.3 is 0 Å². The third-order valence-corrected chi connectivity index (χ3v) is 3.88. The molecule has 0 fully saturated rings. The number of hydrogen-bond acceptors (Lipinski definition) is 6. The highest BCUT2D eigenvalue weighted by molar-refractivity contribution is 5.92. The molecule has 3 heterocycles. The van der Waals surface area contributed by atoms with E-state index >= 15 is 0 Å². The van der Waals surface area contributed by atoms with Crippen molar-refractivity contribution in [3.63, 3.8) is 0 Å². The summed E-state index contributed by atoms with van der Waals surface area (Å²) in [6.45, 7) is 5.95. The van der Waals surface area contributed by atoms with Gasteiger partial charge in [-0.1, -0.05) is 19.0 Å². The lowest BCUT2D eigenvalue weighted by molar-refractivity contribution is 0.0731. The van der Waals surface area contributed by atoms with Crippen LogP contribution < -0.4 is 0 Å². The van der Waals surface area contributed by atoms with E-state index in [1.807, 2.05) is 20.8 Å². The molecule has 0 aliphatic carbocycles. The first-order valence-electron chi connectivity index (χ1n) is 7.37. The van der Waals surface area contributed by atoms with E-state index in [9.17, 15) is 4.79 Å². The zero-order valence-electron chi connectivity index (χ0n) is 13.5. The van der Waals surface area contributed by atoms with Gasteiger partial charge in [-0.2, -0.15) is 10.1 Å². The van der Waals surface area contributed by atoms with Gasteiger partial charge in [0.2, 0.25) is 0 Å². The van der Waals surface area contributed by atoms with Crippen LogP contribution in [0.25, 0.3) is 5.78 Å². The molecule has 120 valence electrons. The number of carbonyl (C=O) groups excluding carboxylic acids is 1. The summed E-state index contributed by atoms with van der Waals surface area (Å²) in [6.07, 6.45) is 2.92. The van der Waals surface area contributed by atoms with E-state index in [4.69, 9.17) is 4.52 Å². The highest BCUT2D eigenvalue weighted by atomic mass is 16.5. The van der Waals surface area contributed by atoms with E-state index in [0.29, 0.717) is 17.2 Å². The second-order valence-electron chi connectivity index (χ2n) is 5.71. The smallest absolute Gasteiger partial charge is 0.272 e. The molecule has 8 heteroatoms. The molecule has 0 N–H and O–H groups in total. The van der Waals surface area contributed by atoms with Crippen LogP contribution >= 0.6 is 0 Å². The van der Waals surface area contributed by atoms with Crippen LogP contribution in [0, 0.1) is 0 Å². The molecule has 1 atom stereocenters. The Hall–Kier alpha value is -2.77. The topological polar surface area (TPSA) is 89.4 Å². The van der Waals surface area contributed by atoms with Gasteiger partial charge in [0.1, 0.15) is 24.0 Å². The molecule has 0 spiro atoms. The van der Waals surface area contributed by atoms with Crippen molar-refractivity contribution in [3.05, 3.63) is 41.8 Å². The number of fused-ring (bicyclic) bond motifs is 1. The van der Waals surface area contributed by atoms with Crippen LogP contribution in [0.5, 0.6) is 0 Å².